The number of rotatable bonds is 7. The number of hydrogen-bond acceptors (Lipinski definition) is 4. The van der Waals surface area contributed by atoms with Gasteiger partial charge in [0.2, 0.25) is 0 Å². The monoisotopic (exact) mass is 368 g/mol. The lowest BCUT2D eigenvalue weighted by molar-refractivity contribution is 0.266. The van der Waals surface area contributed by atoms with Gasteiger partial charge < -0.3 is 14.8 Å². The van der Waals surface area contributed by atoms with E-state index >= 15 is 0 Å². The summed E-state index contributed by atoms with van der Waals surface area (Å²) in [5, 5.41) is 3.46. The Hall–Kier alpha value is -1.20. The van der Waals surface area contributed by atoms with E-state index in [2.05, 4.69) is 39.6 Å². The first-order valence-electron chi connectivity index (χ1n) is 7.70. The predicted molar refractivity (Wildman–Crippen MR) is 94.6 cm³/mol. The van der Waals surface area contributed by atoms with E-state index in [9.17, 15) is 0 Å². The maximum Gasteiger partial charge on any atom is 0.146 e. The van der Waals surface area contributed by atoms with Gasteiger partial charge in [-0.3, -0.25) is 4.90 Å². The van der Waals surface area contributed by atoms with Gasteiger partial charge in [0.05, 0.1) is 24.3 Å². The van der Waals surface area contributed by atoms with Crippen molar-refractivity contribution in [3.05, 3.63) is 28.7 Å². The van der Waals surface area contributed by atoms with Crippen LogP contribution in [0.15, 0.2) is 23.2 Å². The Kier molecular flexibility index (Phi) is 6.15. The average Bonchev–Trinajstić information content (AvgIpc) is 2.99. The highest BCUT2D eigenvalue weighted by atomic mass is 79.9. The molecule has 1 aliphatic heterocycles. The normalized spacial score (nSPS) is 18.3. The van der Waals surface area contributed by atoms with E-state index in [1.54, 1.807) is 14.2 Å². The van der Waals surface area contributed by atoms with Gasteiger partial charge in [-0.2, -0.15) is 0 Å². The summed E-state index contributed by atoms with van der Waals surface area (Å²) in [6, 6.07) is 4.42. The average molecular weight is 369 g/mol. The quantitative estimate of drug-likeness (QED) is 0.798. The van der Waals surface area contributed by atoms with Gasteiger partial charge in [0.1, 0.15) is 11.5 Å². The molecule has 0 spiro atoms. The molecule has 1 unspecified atom stereocenters. The lowest BCUT2D eigenvalue weighted by atomic mass is 10.1. The first kappa shape index (κ1) is 17.2. The Morgan fingerprint density at radius 1 is 1.41 bits per heavy atom. The van der Waals surface area contributed by atoms with Crippen molar-refractivity contribution in [1.82, 2.24) is 10.2 Å². The highest BCUT2D eigenvalue weighted by Crippen LogP contribution is 2.38. The maximum absolute atomic E-state index is 5.52. The number of halogens is 1. The van der Waals surface area contributed by atoms with E-state index in [1.807, 2.05) is 12.1 Å². The molecule has 1 heterocycles. The molecule has 4 nitrogen and oxygen atoms in total. The molecular weight excluding hydrogens is 344 g/mol. The second kappa shape index (κ2) is 7.88. The van der Waals surface area contributed by atoms with Gasteiger partial charge in [0.15, 0.2) is 0 Å². The molecule has 0 aliphatic carbocycles. The molecule has 22 heavy (non-hydrogen) atoms. The van der Waals surface area contributed by atoms with Gasteiger partial charge in [0.25, 0.3) is 0 Å². The van der Waals surface area contributed by atoms with Crippen LogP contribution in [0.3, 0.4) is 0 Å². The van der Waals surface area contributed by atoms with Crippen LogP contribution in [0, 0.1) is 0 Å². The number of hydrogen-bond donors (Lipinski definition) is 1. The number of methoxy groups -OCH3 is 2. The molecule has 122 valence electrons. The minimum Gasteiger partial charge on any atom is -0.496 e. The minimum absolute atomic E-state index is 0.575. The first-order chi connectivity index (χ1) is 10.6. The summed E-state index contributed by atoms with van der Waals surface area (Å²) < 4.78 is 11.9. The molecule has 2 rings (SSSR count). The lowest BCUT2D eigenvalue weighted by Gasteiger charge is -2.25. The molecule has 0 radical (unpaired) electrons. The Balaban J connectivity index is 2.13. The minimum atomic E-state index is 0.575. The molecule has 0 saturated carbocycles. The van der Waals surface area contributed by atoms with Gasteiger partial charge in [-0.25, -0.2) is 0 Å². The molecule has 0 amide bonds. The van der Waals surface area contributed by atoms with Crippen LogP contribution in [0.5, 0.6) is 11.5 Å². The van der Waals surface area contributed by atoms with Gasteiger partial charge in [-0.1, -0.05) is 13.5 Å². The Morgan fingerprint density at radius 3 is 2.82 bits per heavy atom. The van der Waals surface area contributed by atoms with Crippen molar-refractivity contribution in [1.29, 1.82) is 0 Å². The van der Waals surface area contributed by atoms with Crippen LogP contribution in [0.1, 0.15) is 25.3 Å². The van der Waals surface area contributed by atoms with Crippen molar-refractivity contribution >= 4 is 21.6 Å². The zero-order valence-electron chi connectivity index (χ0n) is 13.6. The first-order valence-corrected chi connectivity index (χ1v) is 8.49. The molecule has 1 N–H and O–H groups in total. The number of nitrogens with one attached hydrogen (secondary N) is 1. The van der Waals surface area contributed by atoms with Crippen LogP contribution >= 0.6 is 15.9 Å². The summed E-state index contributed by atoms with van der Waals surface area (Å²) in [5.74, 6) is 1.51. The van der Waals surface area contributed by atoms with Crippen LogP contribution in [0.25, 0.3) is 5.70 Å². The van der Waals surface area contributed by atoms with E-state index < -0.39 is 0 Å². The van der Waals surface area contributed by atoms with Crippen molar-refractivity contribution in [3.63, 3.8) is 0 Å². The lowest BCUT2D eigenvalue weighted by Crippen LogP contribution is -2.37. The SMILES string of the molecule is C=C(NCC1CCCN1CC)c1c(OC)ccc(Br)c1OC. The molecule has 1 atom stereocenters. The van der Waals surface area contributed by atoms with Crippen LogP contribution in [0.4, 0.5) is 0 Å². The Bertz CT molecular complexity index is 534. The van der Waals surface area contributed by atoms with E-state index in [-0.39, 0.29) is 0 Å². The van der Waals surface area contributed by atoms with Gasteiger partial charge in [-0.15, -0.1) is 0 Å². The zero-order chi connectivity index (χ0) is 16.1. The van der Waals surface area contributed by atoms with Crippen LogP contribution in [-0.4, -0.2) is 44.8 Å². The van der Waals surface area contributed by atoms with Crippen molar-refractivity contribution in [3.8, 4) is 11.5 Å². The summed E-state index contributed by atoms with van der Waals surface area (Å²) in [5.41, 5.74) is 1.71. The zero-order valence-corrected chi connectivity index (χ0v) is 15.2. The molecule has 0 aromatic heterocycles. The van der Waals surface area contributed by atoms with Crippen molar-refractivity contribution in [2.45, 2.75) is 25.8 Å². The van der Waals surface area contributed by atoms with E-state index in [1.165, 1.54) is 19.4 Å². The predicted octanol–water partition coefficient (Wildman–Crippen LogP) is 3.51. The van der Waals surface area contributed by atoms with Crippen molar-refractivity contribution < 1.29 is 9.47 Å². The number of likely N-dealkylation sites (N-methyl/N-ethyl adjacent to an activating group) is 1. The summed E-state index contributed by atoms with van der Waals surface area (Å²) >= 11 is 3.52. The van der Waals surface area contributed by atoms with Gasteiger partial charge in [0, 0.05) is 18.3 Å². The Morgan fingerprint density at radius 2 is 2.18 bits per heavy atom. The Labute approximate surface area is 141 Å². The topological polar surface area (TPSA) is 33.7 Å². The second-order valence-electron chi connectivity index (χ2n) is 5.44. The van der Waals surface area contributed by atoms with Crippen LogP contribution < -0.4 is 14.8 Å². The third-order valence-electron chi connectivity index (χ3n) is 4.25. The largest absolute Gasteiger partial charge is 0.496 e. The third-order valence-corrected chi connectivity index (χ3v) is 4.88. The standard InChI is InChI=1S/C17H25BrN2O2/c1-5-20-10-6-7-13(20)11-19-12(2)16-15(21-3)9-8-14(18)17(16)22-4/h8-9,13,19H,2,5-7,10-11H2,1,3-4H3. The van der Waals surface area contributed by atoms with Crippen molar-refractivity contribution in [2.24, 2.45) is 0 Å². The fraction of sp³-hybridized carbons (Fsp3) is 0.529. The van der Waals surface area contributed by atoms with Crippen molar-refractivity contribution in [2.75, 3.05) is 33.9 Å². The summed E-state index contributed by atoms with van der Waals surface area (Å²) in [4.78, 5) is 2.51. The third kappa shape index (κ3) is 3.58. The summed E-state index contributed by atoms with van der Waals surface area (Å²) in [6.07, 6.45) is 2.51. The second-order valence-corrected chi connectivity index (χ2v) is 6.30. The van der Waals surface area contributed by atoms with Crippen LogP contribution in [-0.2, 0) is 0 Å². The van der Waals surface area contributed by atoms with E-state index in [0.717, 1.165) is 40.3 Å². The number of ether oxygens (including phenoxy) is 2. The van der Waals surface area contributed by atoms with E-state index in [0.29, 0.717) is 6.04 Å². The van der Waals surface area contributed by atoms with Gasteiger partial charge >= 0.3 is 0 Å². The molecule has 5 heteroatoms. The fourth-order valence-electron chi connectivity index (χ4n) is 3.07. The maximum atomic E-state index is 5.52. The highest BCUT2D eigenvalue weighted by Gasteiger charge is 2.23. The molecule has 0 bridgehead atoms. The number of benzene rings is 1. The molecule has 1 saturated heterocycles. The molecular formula is C17H25BrN2O2. The molecule has 1 aromatic carbocycles. The number of likely N-dealkylation sites (tertiary alicyclic amines) is 1. The highest BCUT2D eigenvalue weighted by molar-refractivity contribution is 9.10. The van der Waals surface area contributed by atoms with Gasteiger partial charge in [-0.05, 0) is 54.0 Å². The summed E-state index contributed by atoms with van der Waals surface area (Å²) in [7, 11) is 3.32. The van der Waals surface area contributed by atoms with Crippen LogP contribution in [0.2, 0.25) is 0 Å². The smallest absolute Gasteiger partial charge is 0.146 e. The van der Waals surface area contributed by atoms with E-state index in [4.69, 9.17) is 9.47 Å². The summed E-state index contributed by atoms with van der Waals surface area (Å²) in [6.45, 7) is 9.59. The molecule has 1 fully saturated rings. The molecule has 1 aliphatic rings. The fourth-order valence-corrected chi connectivity index (χ4v) is 3.56. The number of nitrogens with zero attached hydrogens (tertiary/aromatic N) is 1. The molecule has 1 aromatic rings.